The Labute approximate surface area is 187 Å². The first kappa shape index (κ1) is 22.1. The van der Waals surface area contributed by atoms with E-state index in [1.807, 2.05) is 0 Å². The number of ether oxygens (including phenoxy) is 1. The highest BCUT2D eigenvalue weighted by Gasteiger charge is 2.66. The van der Waals surface area contributed by atoms with E-state index < -0.39 is 52.1 Å². The highest BCUT2D eigenvalue weighted by Crippen LogP contribution is 2.50. The first-order chi connectivity index (χ1) is 15.5. The number of anilines is 1. The van der Waals surface area contributed by atoms with Gasteiger partial charge in [-0.3, -0.25) is 34.6 Å². The number of carboxylic acid groups (broad SMARTS) is 1. The number of non-ortho nitro benzene ring substituents is 1. The molecule has 2 heterocycles. The van der Waals surface area contributed by atoms with Crippen LogP contribution in [0, 0.1) is 22.0 Å². The minimum Gasteiger partial charge on any atom is -0.480 e. The molecule has 2 saturated heterocycles. The minimum absolute atomic E-state index is 0.00490. The van der Waals surface area contributed by atoms with Crippen LogP contribution in [-0.2, 0) is 19.2 Å². The summed E-state index contributed by atoms with van der Waals surface area (Å²) in [5.74, 6) is -5.24. The van der Waals surface area contributed by atoms with E-state index in [-0.39, 0.29) is 17.1 Å². The van der Waals surface area contributed by atoms with Crippen LogP contribution in [0.2, 0.25) is 0 Å². The smallest absolute Gasteiger partial charge is 0.324 e. The van der Waals surface area contributed by atoms with Gasteiger partial charge in [0.15, 0.2) is 0 Å². The normalized spacial score (nSPS) is 26.2. The first-order valence-electron chi connectivity index (χ1n) is 9.96. The molecule has 0 saturated carbocycles. The van der Waals surface area contributed by atoms with Gasteiger partial charge in [0.05, 0.1) is 22.4 Å². The van der Waals surface area contributed by atoms with Gasteiger partial charge in [-0.1, -0.05) is 18.2 Å². The molecule has 2 aliphatic heterocycles. The maximum absolute atomic E-state index is 13.4. The van der Waals surface area contributed by atoms with Crippen molar-refractivity contribution in [2.24, 2.45) is 11.8 Å². The number of nitrogens with one attached hydrogen (secondary N) is 1. The second-order valence-corrected chi connectivity index (χ2v) is 8.08. The highest BCUT2D eigenvalue weighted by molar-refractivity contribution is 6.24. The van der Waals surface area contributed by atoms with E-state index in [4.69, 9.17) is 4.74 Å². The molecule has 11 nitrogen and oxygen atoms in total. The van der Waals surface area contributed by atoms with E-state index in [0.29, 0.717) is 5.56 Å². The Morgan fingerprint density at radius 1 is 1.15 bits per heavy atom. The van der Waals surface area contributed by atoms with Crippen molar-refractivity contribution >= 4 is 35.1 Å². The standard InChI is InChI=1S/C22H19N3O8/c1-11(26)33-15-8-6-12(7-9-15)18-16-17(22(2,23-18)21(29)30)20(28)24(19(16)27)13-4-3-5-14(10-13)25(31)32/h3-10,16-18,23H,1-2H3,(H,29,30). The lowest BCUT2D eigenvalue weighted by atomic mass is 9.80. The van der Waals surface area contributed by atoms with E-state index in [9.17, 15) is 34.4 Å². The molecule has 2 aliphatic rings. The van der Waals surface area contributed by atoms with E-state index in [0.717, 1.165) is 11.0 Å². The zero-order valence-corrected chi connectivity index (χ0v) is 17.6. The quantitative estimate of drug-likeness (QED) is 0.227. The first-order valence-corrected chi connectivity index (χ1v) is 9.96. The monoisotopic (exact) mass is 453 g/mol. The minimum atomic E-state index is -1.76. The van der Waals surface area contributed by atoms with Crippen molar-refractivity contribution in [3.8, 4) is 5.75 Å². The summed E-state index contributed by atoms with van der Waals surface area (Å²) >= 11 is 0. The third-order valence-corrected chi connectivity index (χ3v) is 6.03. The topological polar surface area (TPSA) is 156 Å². The molecule has 2 aromatic carbocycles. The maximum Gasteiger partial charge on any atom is 0.324 e. The summed E-state index contributed by atoms with van der Waals surface area (Å²) in [6.07, 6.45) is 0. The second-order valence-electron chi connectivity index (χ2n) is 8.08. The number of amides is 2. The number of nitro benzene ring substituents is 1. The predicted octanol–water partition coefficient (Wildman–Crippen LogP) is 1.81. The number of imide groups is 1. The lowest BCUT2D eigenvalue weighted by Gasteiger charge is -2.27. The van der Waals surface area contributed by atoms with Crippen molar-refractivity contribution in [3.05, 3.63) is 64.2 Å². The number of benzene rings is 2. The number of carboxylic acids is 1. The van der Waals surface area contributed by atoms with Gasteiger partial charge >= 0.3 is 11.9 Å². The summed E-state index contributed by atoms with van der Waals surface area (Å²) in [6, 6.07) is 10.4. The van der Waals surface area contributed by atoms with Gasteiger partial charge in [-0.05, 0) is 30.7 Å². The Kier molecular flexibility index (Phi) is 5.21. The lowest BCUT2D eigenvalue weighted by Crippen LogP contribution is -2.53. The summed E-state index contributed by atoms with van der Waals surface area (Å²) in [6.45, 7) is 2.59. The summed E-state index contributed by atoms with van der Waals surface area (Å²) in [5, 5.41) is 24.0. The average molecular weight is 453 g/mol. The van der Waals surface area contributed by atoms with E-state index in [2.05, 4.69) is 5.32 Å². The van der Waals surface area contributed by atoms with E-state index >= 15 is 0 Å². The van der Waals surface area contributed by atoms with Crippen LogP contribution in [0.3, 0.4) is 0 Å². The van der Waals surface area contributed by atoms with Crippen LogP contribution in [0.4, 0.5) is 11.4 Å². The molecule has 33 heavy (non-hydrogen) atoms. The van der Waals surface area contributed by atoms with Gasteiger partial charge in [0.25, 0.3) is 5.69 Å². The molecule has 2 fully saturated rings. The lowest BCUT2D eigenvalue weighted by molar-refractivity contribution is -0.384. The zero-order valence-electron chi connectivity index (χ0n) is 17.6. The molecular formula is C22H19N3O8. The molecule has 4 unspecified atom stereocenters. The van der Waals surface area contributed by atoms with Crippen molar-refractivity contribution in [1.29, 1.82) is 0 Å². The van der Waals surface area contributed by atoms with Crippen LogP contribution < -0.4 is 15.0 Å². The van der Waals surface area contributed by atoms with Crippen LogP contribution in [0.15, 0.2) is 48.5 Å². The van der Waals surface area contributed by atoms with Crippen LogP contribution in [-0.4, -0.2) is 39.3 Å². The fourth-order valence-corrected chi connectivity index (χ4v) is 4.53. The molecule has 4 rings (SSSR count). The van der Waals surface area contributed by atoms with Gasteiger partial charge in [0.2, 0.25) is 11.8 Å². The molecule has 2 aromatic rings. The summed E-state index contributed by atoms with van der Waals surface area (Å²) in [7, 11) is 0. The average Bonchev–Trinajstić information content (AvgIpc) is 3.22. The Morgan fingerprint density at radius 3 is 2.39 bits per heavy atom. The molecule has 11 heteroatoms. The Bertz CT molecular complexity index is 1190. The van der Waals surface area contributed by atoms with Gasteiger partial charge in [0.1, 0.15) is 11.3 Å². The Balaban J connectivity index is 1.76. The molecule has 0 radical (unpaired) electrons. The van der Waals surface area contributed by atoms with E-state index in [1.54, 1.807) is 12.1 Å². The fourth-order valence-electron chi connectivity index (χ4n) is 4.53. The molecule has 2 N–H and O–H groups in total. The van der Waals surface area contributed by atoms with Gasteiger partial charge in [0, 0.05) is 25.1 Å². The molecule has 4 atom stereocenters. The highest BCUT2D eigenvalue weighted by atomic mass is 16.6. The fraction of sp³-hybridized carbons (Fsp3) is 0.273. The van der Waals surface area contributed by atoms with Crippen LogP contribution in [0.5, 0.6) is 5.75 Å². The largest absolute Gasteiger partial charge is 0.480 e. The number of carbonyl (C=O) groups is 4. The van der Waals surface area contributed by atoms with E-state index in [1.165, 1.54) is 44.2 Å². The molecule has 2 amide bonds. The number of hydrogen-bond donors (Lipinski definition) is 2. The van der Waals surface area contributed by atoms with Crippen molar-refractivity contribution in [2.45, 2.75) is 25.4 Å². The molecule has 0 bridgehead atoms. The van der Waals surface area contributed by atoms with Crippen molar-refractivity contribution in [2.75, 3.05) is 4.90 Å². The number of rotatable bonds is 5. The number of nitro groups is 1. The van der Waals surface area contributed by atoms with Crippen LogP contribution in [0.25, 0.3) is 0 Å². The number of carbonyl (C=O) groups excluding carboxylic acids is 3. The summed E-state index contributed by atoms with van der Waals surface area (Å²) in [4.78, 5) is 61.4. The summed E-state index contributed by atoms with van der Waals surface area (Å²) in [5.41, 5.74) is -1.54. The number of esters is 1. The second kappa shape index (κ2) is 7.78. The number of fused-ring (bicyclic) bond motifs is 1. The third kappa shape index (κ3) is 3.52. The van der Waals surface area contributed by atoms with Gasteiger partial charge in [-0.15, -0.1) is 0 Å². The third-order valence-electron chi connectivity index (χ3n) is 6.03. The zero-order chi connectivity index (χ0) is 24.1. The predicted molar refractivity (Wildman–Crippen MR) is 112 cm³/mol. The van der Waals surface area contributed by atoms with Gasteiger partial charge in [-0.2, -0.15) is 0 Å². The number of hydrogen-bond acceptors (Lipinski definition) is 8. The van der Waals surface area contributed by atoms with Crippen molar-refractivity contribution in [1.82, 2.24) is 5.32 Å². The number of aliphatic carboxylic acids is 1. The van der Waals surface area contributed by atoms with Crippen molar-refractivity contribution in [3.63, 3.8) is 0 Å². The maximum atomic E-state index is 13.4. The Morgan fingerprint density at radius 2 is 1.82 bits per heavy atom. The molecule has 170 valence electrons. The van der Waals surface area contributed by atoms with Crippen LogP contribution >= 0.6 is 0 Å². The van der Waals surface area contributed by atoms with Gasteiger partial charge < -0.3 is 9.84 Å². The molecule has 0 spiro atoms. The van der Waals surface area contributed by atoms with Gasteiger partial charge in [-0.25, -0.2) is 4.90 Å². The molecular weight excluding hydrogens is 434 g/mol. The SMILES string of the molecule is CC(=O)Oc1ccc(C2NC(C)(C(=O)O)C3C(=O)N(c4cccc([N+](=O)[O-])c4)C(=O)C23)cc1. The van der Waals surface area contributed by atoms with Crippen LogP contribution in [0.1, 0.15) is 25.5 Å². The Hall–Kier alpha value is -4.12. The molecule has 0 aliphatic carbocycles. The van der Waals surface area contributed by atoms with Crippen molar-refractivity contribution < 1.29 is 33.9 Å². The number of nitrogens with zero attached hydrogens (tertiary/aromatic N) is 2. The molecule has 0 aromatic heterocycles. The summed E-state index contributed by atoms with van der Waals surface area (Å²) < 4.78 is 5.00.